The van der Waals surface area contributed by atoms with Gasteiger partial charge >= 0.3 is 0 Å². The van der Waals surface area contributed by atoms with E-state index in [4.69, 9.17) is 21.1 Å². The predicted octanol–water partition coefficient (Wildman–Crippen LogP) is 5.90. The van der Waals surface area contributed by atoms with Crippen LogP contribution in [0.5, 0.6) is 11.5 Å². The van der Waals surface area contributed by atoms with Crippen LogP contribution in [0.15, 0.2) is 78.0 Å². The van der Waals surface area contributed by atoms with Crippen molar-refractivity contribution in [3.63, 3.8) is 0 Å². The van der Waals surface area contributed by atoms with Gasteiger partial charge in [-0.2, -0.15) is 0 Å². The second-order valence-corrected chi connectivity index (χ2v) is 7.83. The van der Waals surface area contributed by atoms with Crippen LogP contribution in [0.25, 0.3) is 17.1 Å². The van der Waals surface area contributed by atoms with Gasteiger partial charge in [-0.05, 0) is 54.6 Å². The number of rotatable bonds is 7. The summed E-state index contributed by atoms with van der Waals surface area (Å²) >= 11 is 7.77. The standard InChI is InChI=1S/C23H20ClN3O2S/c1-28-20-11-8-16(9-12-20)22-25-26-23(27(22)19-6-4-3-5-7-19)30-15-17-14-18(24)10-13-21(17)29-2/h3-14H,15H2,1-2H3. The smallest absolute Gasteiger partial charge is 0.196 e. The molecule has 5 nitrogen and oxygen atoms in total. The summed E-state index contributed by atoms with van der Waals surface area (Å²) in [6.45, 7) is 0. The molecule has 0 aliphatic rings. The van der Waals surface area contributed by atoms with Crippen LogP contribution < -0.4 is 9.47 Å². The zero-order valence-electron chi connectivity index (χ0n) is 16.6. The van der Waals surface area contributed by atoms with Gasteiger partial charge in [0.05, 0.1) is 14.2 Å². The maximum absolute atomic E-state index is 6.18. The first-order valence-corrected chi connectivity index (χ1v) is 10.7. The number of thioether (sulfide) groups is 1. The lowest BCUT2D eigenvalue weighted by Crippen LogP contribution is -2.00. The number of halogens is 1. The van der Waals surface area contributed by atoms with Gasteiger partial charge in [0.1, 0.15) is 11.5 Å². The van der Waals surface area contributed by atoms with Crippen LogP contribution in [-0.4, -0.2) is 29.0 Å². The van der Waals surface area contributed by atoms with Crippen LogP contribution in [0.3, 0.4) is 0 Å². The average molecular weight is 438 g/mol. The van der Waals surface area contributed by atoms with Gasteiger partial charge < -0.3 is 9.47 Å². The lowest BCUT2D eigenvalue weighted by atomic mass is 10.2. The summed E-state index contributed by atoms with van der Waals surface area (Å²) in [5, 5.41) is 10.4. The lowest BCUT2D eigenvalue weighted by molar-refractivity contribution is 0.411. The molecule has 0 bridgehead atoms. The molecule has 3 aromatic carbocycles. The van der Waals surface area contributed by atoms with Gasteiger partial charge in [0.2, 0.25) is 0 Å². The molecule has 152 valence electrons. The van der Waals surface area contributed by atoms with Gasteiger partial charge in [-0.25, -0.2) is 0 Å². The van der Waals surface area contributed by atoms with E-state index >= 15 is 0 Å². The van der Waals surface area contributed by atoms with E-state index in [-0.39, 0.29) is 0 Å². The number of nitrogens with zero attached hydrogens (tertiary/aromatic N) is 3. The molecule has 4 aromatic rings. The molecule has 7 heteroatoms. The van der Waals surface area contributed by atoms with E-state index in [0.29, 0.717) is 10.8 Å². The number of para-hydroxylation sites is 1. The average Bonchev–Trinajstić information content (AvgIpc) is 3.22. The molecule has 0 fully saturated rings. The molecule has 1 heterocycles. The Labute approximate surface area is 184 Å². The van der Waals surface area contributed by atoms with Crippen molar-refractivity contribution in [2.75, 3.05) is 14.2 Å². The van der Waals surface area contributed by atoms with E-state index in [1.165, 1.54) is 0 Å². The second-order valence-electron chi connectivity index (χ2n) is 6.45. The first-order chi connectivity index (χ1) is 14.7. The number of hydrogen-bond donors (Lipinski definition) is 0. The fourth-order valence-corrected chi connectivity index (χ4v) is 4.23. The second kappa shape index (κ2) is 9.24. The number of benzene rings is 3. The zero-order valence-corrected chi connectivity index (χ0v) is 18.2. The topological polar surface area (TPSA) is 49.2 Å². The van der Waals surface area contributed by atoms with Crippen molar-refractivity contribution in [3.8, 4) is 28.6 Å². The molecular weight excluding hydrogens is 418 g/mol. The summed E-state index contributed by atoms with van der Waals surface area (Å²) < 4.78 is 12.8. The van der Waals surface area contributed by atoms with Crippen LogP contribution in [0, 0.1) is 0 Å². The molecule has 1 aromatic heterocycles. The largest absolute Gasteiger partial charge is 0.497 e. The van der Waals surface area contributed by atoms with Crippen LogP contribution in [0.2, 0.25) is 5.02 Å². The highest BCUT2D eigenvalue weighted by Crippen LogP contribution is 2.33. The summed E-state index contributed by atoms with van der Waals surface area (Å²) in [7, 11) is 3.31. The third-order valence-electron chi connectivity index (χ3n) is 4.60. The Hall–Kier alpha value is -2.96. The summed E-state index contributed by atoms with van der Waals surface area (Å²) in [6, 6.07) is 23.5. The number of hydrogen-bond acceptors (Lipinski definition) is 5. The van der Waals surface area contributed by atoms with E-state index in [2.05, 4.69) is 14.8 Å². The van der Waals surface area contributed by atoms with Crippen LogP contribution in [-0.2, 0) is 5.75 Å². The lowest BCUT2D eigenvalue weighted by Gasteiger charge is -2.12. The van der Waals surface area contributed by atoms with Gasteiger partial charge in [-0.3, -0.25) is 4.57 Å². The van der Waals surface area contributed by atoms with Crippen molar-refractivity contribution in [1.82, 2.24) is 14.8 Å². The Kier molecular flexibility index (Phi) is 6.26. The highest BCUT2D eigenvalue weighted by Gasteiger charge is 2.17. The van der Waals surface area contributed by atoms with Crippen molar-refractivity contribution in [1.29, 1.82) is 0 Å². The third-order valence-corrected chi connectivity index (χ3v) is 5.81. The fraction of sp³-hybridized carbons (Fsp3) is 0.130. The minimum atomic E-state index is 0.650. The maximum Gasteiger partial charge on any atom is 0.196 e. The molecule has 0 unspecified atom stereocenters. The van der Waals surface area contributed by atoms with Crippen molar-refractivity contribution in [2.45, 2.75) is 10.9 Å². The Balaban J connectivity index is 1.71. The Morgan fingerprint density at radius 2 is 1.67 bits per heavy atom. The molecule has 0 N–H and O–H groups in total. The Morgan fingerprint density at radius 1 is 0.900 bits per heavy atom. The molecule has 0 amide bonds. The van der Waals surface area contributed by atoms with Gasteiger partial charge in [0, 0.05) is 27.6 Å². The minimum Gasteiger partial charge on any atom is -0.497 e. The normalized spacial score (nSPS) is 10.8. The number of aromatic nitrogens is 3. The zero-order chi connectivity index (χ0) is 20.9. The highest BCUT2D eigenvalue weighted by atomic mass is 35.5. The summed E-state index contributed by atoms with van der Waals surface area (Å²) in [6.07, 6.45) is 0. The Morgan fingerprint density at radius 3 is 2.37 bits per heavy atom. The number of methoxy groups -OCH3 is 2. The fourth-order valence-electron chi connectivity index (χ4n) is 3.10. The summed E-state index contributed by atoms with van der Waals surface area (Å²) in [5.74, 6) is 3.02. The predicted molar refractivity (Wildman–Crippen MR) is 121 cm³/mol. The van der Waals surface area contributed by atoms with Crippen molar-refractivity contribution < 1.29 is 9.47 Å². The van der Waals surface area contributed by atoms with Crippen LogP contribution in [0.4, 0.5) is 0 Å². The van der Waals surface area contributed by atoms with Crippen molar-refractivity contribution >= 4 is 23.4 Å². The first kappa shape index (κ1) is 20.3. The third kappa shape index (κ3) is 4.30. The Bertz CT molecular complexity index is 1130. The molecule has 0 aliphatic heterocycles. The van der Waals surface area contributed by atoms with Crippen LogP contribution >= 0.6 is 23.4 Å². The molecule has 0 saturated carbocycles. The van der Waals surface area contributed by atoms with Crippen LogP contribution in [0.1, 0.15) is 5.56 Å². The van der Waals surface area contributed by atoms with E-state index in [0.717, 1.165) is 39.3 Å². The maximum atomic E-state index is 6.18. The molecule has 0 saturated heterocycles. The molecule has 30 heavy (non-hydrogen) atoms. The highest BCUT2D eigenvalue weighted by molar-refractivity contribution is 7.98. The van der Waals surface area contributed by atoms with E-state index in [1.54, 1.807) is 26.0 Å². The molecule has 0 atom stereocenters. The van der Waals surface area contributed by atoms with Gasteiger partial charge in [-0.15, -0.1) is 10.2 Å². The van der Waals surface area contributed by atoms with Gasteiger partial charge in [0.15, 0.2) is 11.0 Å². The monoisotopic (exact) mass is 437 g/mol. The molecule has 4 rings (SSSR count). The van der Waals surface area contributed by atoms with Gasteiger partial charge in [-0.1, -0.05) is 41.6 Å². The van der Waals surface area contributed by atoms with Crippen molar-refractivity contribution in [3.05, 3.63) is 83.4 Å². The molecule has 0 radical (unpaired) electrons. The summed E-state index contributed by atoms with van der Waals surface area (Å²) in [4.78, 5) is 0. The first-order valence-electron chi connectivity index (χ1n) is 9.30. The number of ether oxygens (including phenoxy) is 2. The SMILES string of the molecule is COc1ccc(-c2nnc(SCc3cc(Cl)ccc3OC)n2-c2ccccc2)cc1. The van der Waals surface area contributed by atoms with Crippen molar-refractivity contribution in [2.24, 2.45) is 0 Å². The van der Waals surface area contributed by atoms with Gasteiger partial charge in [0.25, 0.3) is 0 Å². The quantitative estimate of drug-likeness (QED) is 0.337. The van der Waals surface area contributed by atoms with E-state index in [9.17, 15) is 0 Å². The van der Waals surface area contributed by atoms with E-state index < -0.39 is 0 Å². The van der Waals surface area contributed by atoms with E-state index in [1.807, 2.05) is 72.8 Å². The minimum absolute atomic E-state index is 0.650. The molecule has 0 spiro atoms. The molecular formula is C23H20ClN3O2S. The molecule has 0 aliphatic carbocycles. The summed E-state index contributed by atoms with van der Waals surface area (Å²) in [5.41, 5.74) is 2.96.